The molecule has 0 amide bonds. The fourth-order valence-corrected chi connectivity index (χ4v) is 6.45. The van der Waals surface area contributed by atoms with Crippen molar-refractivity contribution in [2.75, 3.05) is 12.9 Å². The van der Waals surface area contributed by atoms with Gasteiger partial charge in [0.1, 0.15) is 11.5 Å². The lowest BCUT2D eigenvalue weighted by atomic mass is 9.93. The zero-order valence-corrected chi connectivity index (χ0v) is 25.4. The van der Waals surface area contributed by atoms with Crippen molar-refractivity contribution in [3.05, 3.63) is 139 Å². The third-order valence-corrected chi connectivity index (χ3v) is 8.83. The van der Waals surface area contributed by atoms with Crippen LogP contribution in [0.25, 0.3) is 23.1 Å². The van der Waals surface area contributed by atoms with Crippen molar-refractivity contribution >= 4 is 46.8 Å². The van der Waals surface area contributed by atoms with E-state index in [0.717, 1.165) is 16.0 Å². The minimum absolute atomic E-state index is 0.144. The summed E-state index contributed by atoms with van der Waals surface area (Å²) in [5.41, 5.74) is 2.64. The highest BCUT2D eigenvalue weighted by molar-refractivity contribution is 7.98. The molecule has 3 heterocycles. The van der Waals surface area contributed by atoms with Crippen molar-refractivity contribution in [3.8, 4) is 11.3 Å². The summed E-state index contributed by atoms with van der Waals surface area (Å²) in [6, 6.07) is 26.3. The molecule has 0 fully saturated rings. The molecular formula is C34H26N2O6S2. The van der Waals surface area contributed by atoms with Gasteiger partial charge in [-0.3, -0.25) is 9.36 Å². The molecular weight excluding hydrogens is 597 g/mol. The molecule has 1 N–H and O–H groups in total. The van der Waals surface area contributed by atoms with E-state index in [0.29, 0.717) is 32.1 Å². The van der Waals surface area contributed by atoms with Gasteiger partial charge in [-0.25, -0.2) is 14.6 Å². The summed E-state index contributed by atoms with van der Waals surface area (Å²) >= 11 is 2.80. The van der Waals surface area contributed by atoms with E-state index in [-0.39, 0.29) is 23.3 Å². The standard InChI is InChI=1S/C34H26N2O6S2/c1-3-41-33(40)28-29(20-8-5-4-6-9-20)35-34-36(30(28)21-12-15-25(43-2)16-13-21)31(37)27(44-34)19-24-14-17-26(42-24)22-10-7-11-23(18-22)32(38)39/h4-19,30H,3H2,1-2H3,(H,38,39)/b27-19-/t30-/m1/s1. The van der Waals surface area contributed by atoms with E-state index in [4.69, 9.17) is 14.1 Å². The minimum Gasteiger partial charge on any atom is -0.478 e. The Balaban J connectivity index is 1.53. The van der Waals surface area contributed by atoms with Crippen molar-refractivity contribution in [2.45, 2.75) is 17.9 Å². The highest BCUT2D eigenvalue weighted by atomic mass is 32.2. The number of benzene rings is 3. The predicted octanol–water partition coefficient (Wildman–Crippen LogP) is 5.62. The lowest BCUT2D eigenvalue weighted by Gasteiger charge is -2.26. The number of hydrogen-bond donors (Lipinski definition) is 1. The average Bonchev–Trinajstić information content (AvgIpc) is 3.65. The van der Waals surface area contributed by atoms with Gasteiger partial charge in [0.05, 0.1) is 34.0 Å². The lowest BCUT2D eigenvalue weighted by molar-refractivity contribution is -0.138. The van der Waals surface area contributed by atoms with E-state index < -0.39 is 18.0 Å². The van der Waals surface area contributed by atoms with Gasteiger partial charge in [-0.05, 0) is 55.1 Å². The summed E-state index contributed by atoms with van der Waals surface area (Å²) in [7, 11) is 0. The van der Waals surface area contributed by atoms with Crippen LogP contribution < -0.4 is 14.9 Å². The third kappa shape index (κ3) is 5.57. The van der Waals surface area contributed by atoms with Crippen LogP contribution in [-0.4, -0.2) is 34.5 Å². The molecule has 3 aromatic carbocycles. The Bertz CT molecular complexity index is 2090. The Kier molecular flexibility index (Phi) is 8.19. The van der Waals surface area contributed by atoms with Gasteiger partial charge in [0.2, 0.25) is 0 Å². The zero-order valence-electron chi connectivity index (χ0n) is 23.7. The SMILES string of the molecule is CCOC(=O)C1=C(c2ccccc2)N=c2s/c(=C\c3ccc(-c4cccc(C(=O)O)c4)o3)c(=O)n2[C@@H]1c1ccc(SC)cc1. The first kappa shape index (κ1) is 29.2. The molecule has 0 radical (unpaired) electrons. The minimum atomic E-state index is -1.03. The van der Waals surface area contributed by atoms with E-state index in [1.807, 2.05) is 60.9 Å². The number of nitrogens with zero attached hydrogens (tertiary/aromatic N) is 2. The molecule has 0 saturated carbocycles. The quantitative estimate of drug-likeness (QED) is 0.177. The summed E-state index contributed by atoms with van der Waals surface area (Å²) in [5.74, 6) is -0.688. The number of hydrogen-bond acceptors (Lipinski definition) is 8. The number of thioether (sulfide) groups is 1. The van der Waals surface area contributed by atoms with Crippen molar-refractivity contribution < 1.29 is 23.8 Å². The Hall–Kier alpha value is -4.93. The van der Waals surface area contributed by atoms with E-state index >= 15 is 0 Å². The topological polar surface area (TPSA) is 111 Å². The zero-order chi connectivity index (χ0) is 30.8. The van der Waals surface area contributed by atoms with Gasteiger partial charge in [-0.15, -0.1) is 11.8 Å². The molecule has 44 heavy (non-hydrogen) atoms. The first-order chi connectivity index (χ1) is 21.4. The molecule has 0 spiro atoms. The van der Waals surface area contributed by atoms with Crippen molar-refractivity contribution in [2.24, 2.45) is 4.99 Å². The normalized spacial score (nSPS) is 14.7. The second kappa shape index (κ2) is 12.4. The van der Waals surface area contributed by atoms with Crippen LogP contribution in [0.3, 0.4) is 0 Å². The molecule has 8 nitrogen and oxygen atoms in total. The molecule has 2 aromatic heterocycles. The molecule has 10 heteroatoms. The molecule has 0 aliphatic carbocycles. The van der Waals surface area contributed by atoms with E-state index in [1.54, 1.807) is 53.6 Å². The van der Waals surface area contributed by atoms with Crippen LogP contribution in [-0.2, 0) is 9.53 Å². The summed E-state index contributed by atoms with van der Waals surface area (Å²) in [5, 5.41) is 9.36. The second-order valence-electron chi connectivity index (χ2n) is 9.79. The number of carbonyl (C=O) groups is 2. The Morgan fingerprint density at radius 2 is 1.77 bits per heavy atom. The first-order valence-electron chi connectivity index (χ1n) is 13.7. The highest BCUT2D eigenvalue weighted by Gasteiger charge is 2.35. The van der Waals surface area contributed by atoms with Gasteiger partial charge in [0.15, 0.2) is 4.80 Å². The van der Waals surface area contributed by atoms with Crippen LogP contribution in [0.5, 0.6) is 0 Å². The molecule has 0 saturated heterocycles. The predicted molar refractivity (Wildman–Crippen MR) is 170 cm³/mol. The summed E-state index contributed by atoms with van der Waals surface area (Å²) in [4.78, 5) is 45.5. The number of ether oxygens (including phenoxy) is 1. The first-order valence-corrected chi connectivity index (χ1v) is 15.8. The molecule has 220 valence electrons. The number of aromatic nitrogens is 1. The molecule has 6 rings (SSSR count). The maximum Gasteiger partial charge on any atom is 0.338 e. The molecule has 1 atom stereocenters. The Morgan fingerprint density at radius 1 is 1.02 bits per heavy atom. The highest BCUT2D eigenvalue weighted by Crippen LogP contribution is 2.35. The number of aromatic carboxylic acids is 1. The number of carboxylic acid groups (broad SMARTS) is 1. The van der Waals surface area contributed by atoms with Gasteiger partial charge >= 0.3 is 11.9 Å². The summed E-state index contributed by atoms with van der Waals surface area (Å²) < 4.78 is 13.4. The van der Waals surface area contributed by atoms with Crippen LogP contribution in [0.1, 0.15) is 40.2 Å². The van der Waals surface area contributed by atoms with Gasteiger partial charge in [-0.1, -0.05) is 65.9 Å². The van der Waals surface area contributed by atoms with Crippen LogP contribution in [0, 0.1) is 0 Å². The van der Waals surface area contributed by atoms with Gasteiger partial charge in [-0.2, -0.15) is 0 Å². The number of rotatable bonds is 8. The Morgan fingerprint density at radius 3 is 2.48 bits per heavy atom. The van der Waals surface area contributed by atoms with Crippen molar-refractivity contribution in [1.82, 2.24) is 4.57 Å². The molecule has 1 aliphatic rings. The fourth-order valence-electron chi connectivity index (χ4n) is 5.06. The molecule has 0 bridgehead atoms. The maximum atomic E-state index is 14.1. The Labute approximate surface area is 260 Å². The van der Waals surface area contributed by atoms with E-state index in [1.165, 1.54) is 23.5 Å². The van der Waals surface area contributed by atoms with Crippen molar-refractivity contribution in [1.29, 1.82) is 0 Å². The second-order valence-corrected chi connectivity index (χ2v) is 11.7. The number of carbonyl (C=O) groups excluding carboxylic acids is 1. The van der Waals surface area contributed by atoms with Gasteiger partial charge in [0.25, 0.3) is 5.56 Å². The lowest BCUT2D eigenvalue weighted by Crippen LogP contribution is -2.40. The molecule has 0 unspecified atom stereocenters. The third-order valence-electron chi connectivity index (χ3n) is 7.10. The largest absolute Gasteiger partial charge is 0.478 e. The number of thiazole rings is 1. The average molecular weight is 623 g/mol. The van der Waals surface area contributed by atoms with E-state index in [9.17, 15) is 19.5 Å². The van der Waals surface area contributed by atoms with Gasteiger partial charge in [0, 0.05) is 22.1 Å². The molecule has 1 aliphatic heterocycles. The van der Waals surface area contributed by atoms with E-state index in [2.05, 4.69) is 0 Å². The summed E-state index contributed by atoms with van der Waals surface area (Å²) in [6.07, 6.45) is 3.62. The maximum absolute atomic E-state index is 14.1. The number of esters is 1. The van der Waals surface area contributed by atoms with Crippen LogP contribution in [0.15, 0.2) is 116 Å². The van der Waals surface area contributed by atoms with Crippen LogP contribution in [0.2, 0.25) is 0 Å². The fraction of sp³-hybridized carbons (Fsp3) is 0.118. The van der Waals surface area contributed by atoms with Gasteiger partial charge < -0.3 is 14.3 Å². The number of furan rings is 1. The van der Waals surface area contributed by atoms with Crippen molar-refractivity contribution in [3.63, 3.8) is 0 Å². The smallest absolute Gasteiger partial charge is 0.338 e. The van der Waals surface area contributed by atoms with Crippen LogP contribution in [0.4, 0.5) is 0 Å². The molecule has 5 aromatic rings. The monoisotopic (exact) mass is 622 g/mol. The number of carboxylic acids is 1. The summed E-state index contributed by atoms with van der Waals surface area (Å²) in [6.45, 7) is 1.91. The number of fused-ring (bicyclic) bond motifs is 1. The van der Waals surface area contributed by atoms with Crippen LogP contribution >= 0.6 is 23.1 Å².